The minimum atomic E-state index is -3.94. The summed E-state index contributed by atoms with van der Waals surface area (Å²) in [5.41, 5.74) is -0.000630. The van der Waals surface area contributed by atoms with Crippen molar-refractivity contribution in [2.75, 3.05) is 11.9 Å². The molecule has 0 aliphatic heterocycles. The normalized spacial score (nSPS) is 11.1. The molecule has 30 heavy (non-hydrogen) atoms. The Balaban J connectivity index is 0.000000414. The molecule has 0 aliphatic rings. The largest absolute Gasteiger partial charge is 0.391 e. The van der Waals surface area contributed by atoms with E-state index in [1.54, 1.807) is 11.4 Å². The fourth-order valence-electron chi connectivity index (χ4n) is 2.77. The van der Waals surface area contributed by atoms with Gasteiger partial charge >= 0.3 is 10.1 Å². The number of thiophene rings is 1. The number of benzene rings is 1. The molecule has 1 aromatic carbocycles. The number of hydrogen-bond acceptors (Lipinski definition) is 5. The van der Waals surface area contributed by atoms with E-state index in [0.29, 0.717) is 6.54 Å². The van der Waals surface area contributed by atoms with E-state index < -0.39 is 28.4 Å². The van der Waals surface area contributed by atoms with Crippen molar-refractivity contribution in [3.8, 4) is 0 Å². The quantitative estimate of drug-likeness (QED) is 0.265. The summed E-state index contributed by atoms with van der Waals surface area (Å²) < 4.78 is 55.9. The Morgan fingerprint density at radius 2 is 1.63 bits per heavy atom. The maximum absolute atomic E-state index is 13.8. The fourth-order valence-corrected chi connectivity index (χ4v) is 4.12. The lowest BCUT2D eigenvalue weighted by Gasteiger charge is -2.10. The van der Waals surface area contributed by atoms with E-state index in [1.807, 2.05) is 0 Å². The van der Waals surface area contributed by atoms with Crippen LogP contribution < -0.4 is 5.32 Å². The summed E-state index contributed by atoms with van der Waals surface area (Å²) in [5.74, 6) is -1.38. The Labute approximate surface area is 181 Å². The lowest BCUT2D eigenvalue weighted by molar-refractivity contribution is 0.269. The number of rotatable bonds is 12. The molecule has 2 rings (SSSR count). The Kier molecular flexibility index (Phi) is 12.8. The molecule has 0 atom stereocenters. The highest BCUT2D eigenvalue weighted by Crippen LogP contribution is 2.21. The predicted octanol–water partition coefficient (Wildman–Crippen LogP) is 6.00. The SMILES string of the molecule is CCCCCCCCCCNc1ccc(F)c(CO)c1F.O=S(=O)(O)c1cccs1. The Morgan fingerprint density at radius 3 is 2.13 bits per heavy atom. The van der Waals surface area contributed by atoms with E-state index in [-0.39, 0.29) is 15.5 Å². The van der Waals surface area contributed by atoms with E-state index in [9.17, 15) is 17.2 Å². The van der Waals surface area contributed by atoms with Crippen molar-refractivity contribution in [2.24, 2.45) is 0 Å². The number of nitrogens with one attached hydrogen (secondary N) is 1. The van der Waals surface area contributed by atoms with E-state index in [2.05, 4.69) is 12.2 Å². The van der Waals surface area contributed by atoms with Gasteiger partial charge in [-0.2, -0.15) is 8.42 Å². The summed E-state index contributed by atoms with van der Waals surface area (Å²) in [6.45, 7) is 2.26. The van der Waals surface area contributed by atoms with Gasteiger partial charge in [0.25, 0.3) is 0 Å². The second-order valence-corrected chi connectivity index (χ2v) is 9.45. The number of hydrogen-bond donors (Lipinski definition) is 3. The van der Waals surface area contributed by atoms with Crippen molar-refractivity contribution < 1.29 is 26.9 Å². The third-order valence-corrected chi connectivity index (χ3v) is 6.67. The number of aliphatic hydroxyl groups is 1. The van der Waals surface area contributed by atoms with Crippen LogP contribution in [-0.2, 0) is 16.7 Å². The molecule has 0 saturated heterocycles. The second kappa shape index (κ2) is 14.5. The smallest absolute Gasteiger partial charge is 0.304 e. The van der Waals surface area contributed by atoms with Crippen LogP contribution >= 0.6 is 11.3 Å². The number of unbranched alkanes of at least 4 members (excludes halogenated alkanes) is 7. The van der Waals surface area contributed by atoms with Crippen molar-refractivity contribution in [1.29, 1.82) is 0 Å². The highest BCUT2D eigenvalue weighted by molar-refractivity contribution is 7.88. The van der Waals surface area contributed by atoms with Crippen molar-refractivity contribution in [1.82, 2.24) is 0 Å². The van der Waals surface area contributed by atoms with Gasteiger partial charge in [-0.15, -0.1) is 11.3 Å². The molecule has 0 radical (unpaired) electrons. The standard InChI is InChI=1S/C17H27F2NO.C4H4O3S2/c1-2-3-4-5-6-7-8-9-12-20-16-11-10-15(18)14(13-21)17(16)19;5-9(6,7)4-2-1-3-8-4/h10-11,20-21H,2-9,12-13H2,1H3;1-3H,(H,5,6,7). The van der Waals surface area contributed by atoms with Crippen LogP contribution in [0.4, 0.5) is 14.5 Å². The van der Waals surface area contributed by atoms with Gasteiger partial charge in [0.2, 0.25) is 0 Å². The average molecular weight is 464 g/mol. The first kappa shape index (κ1) is 26.5. The van der Waals surface area contributed by atoms with Gasteiger partial charge in [-0.3, -0.25) is 4.55 Å². The summed E-state index contributed by atoms with van der Waals surface area (Å²) in [4.78, 5) is 0. The Bertz CT molecular complexity index is 828. The van der Waals surface area contributed by atoms with Crippen molar-refractivity contribution in [2.45, 2.75) is 69.1 Å². The third-order valence-electron chi connectivity index (χ3n) is 4.44. The van der Waals surface area contributed by atoms with Gasteiger partial charge in [-0.1, -0.05) is 57.9 Å². The summed E-state index contributed by atoms with van der Waals surface area (Å²) >= 11 is 0.992. The van der Waals surface area contributed by atoms with Crippen molar-refractivity contribution in [3.63, 3.8) is 0 Å². The molecule has 0 saturated carbocycles. The molecule has 1 aromatic heterocycles. The van der Waals surface area contributed by atoms with Crippen LogP contribution in [-0.4, -0.2) is 24.6 Å². The molecule has 2 aromatic rings. The zero-order valence-electron chi connectivity index (χ0n) is 17.2. The van der Waals surface area contributed by atoms with Crippen LogP contribution in [0.25, 0.3) is 0 Å². The highest BCUT2D eigenvalue weighted by atomic mass is 32.3. The number of anilines is 1. The van der Waals surface area contributed by atoms with Gasteiger partial charge in [0.05, 0.1) is 17.9 Å². The van der Waals surface area contributed by atoms with Crippen LogP contribution in [0.5, 0.6) is 0 Å². The molecule has 3 N–H and O–H groups in total. The third kappa shape index (κ3) is 9.97. The summed E-state index contributed by atoms with van der Waals surface area (Å²) in [5, 5.41) is 13.5. The summed E-state index contributed by atoms with van der Waals surface area (Å²) in [7, 11) is -3.94. The zero-order chi connectivity index (χ0) is 22.4. The first-order valence-electron chi connectivity index (χ1n) is 10.1. The molecular weight excluding hydrogens is 432 g/mol. The maximum Gasteiger partial charge on any atom is 0.304 e. The number of aliphatic hydroxyl groups excluding tert-OH is 1. The fraction of sp³-hybridized carbons (Fsp3) is 0.524. The van der Waals surface area contributed by atoms with E-state index in [1.165, 1.54) is 56.7 Å². The van der Waals surface area contributed by atoms with Gasteiger partial charge in [0.15, 0.2) is 5.82 Å². The van der Waals surface area contributed by atoms with Crippen LogP contribution in [0, 0.1) is 11.6 Å². The predicted molar refractivity (Wildman–Crippen MR) is 118 cm³/mol. The highest BCUT2D eigenvalue weighted by Gasteiger charge is 2.12. The van der Waals surface area contributed by atoms with E-state index in [0.717, 1.165) is 24.2 Å². The van der Waals surface area contributed by atoms with Gasteiger partial charge in [0, 0.05) is 6.54 Å². The molecule has 9 heteroatoms. The zero-order valence-corrected chi connectivity index (χ0v) is 18.9. The topological polar surface area (TPSA) is 86.6 Å². The molecule has 0 unspecified atom stereocenters. The molecule has 0 amide bonds. The van der Waals surface area contributed by atoms with Crippen LogP contribution in [0.1, 0.15) is 63.9 Å². The van der Waals surface area contributed by atoms with Crippen LogP contribution in [0.2, 0.25) is 0 Å². The average Bonchev–Trinajstić information content (AvgIpc) is 3.25. The van der Waals surface area contributed by atoms with E-state index >= 15 is 0 Å². The maximum atomic E-state index is 13.8. The van der Waals surface area contributed by atoms with Gasteiger partial charge in [-0.05, 0) is 30.0 Å². The van der Waals surface area contributed by atoms with Crippen LogP contribution in [0.3, 0.4) is 0 Å². The van der Waals surface area contributed by atoms with Crippen LogP contribution in [0.15, 0.2) is 33.9 Å². The molecule has 170 valence electrons. The first-order chi connectivity index (χ1) is 14.3. The second-order valence-electron chi connectivity index (χ2n) is 6.85. The minimum absolute atomic E-state index is 0.0116. The molecular formula is C21H31F2NO4S2. The summed E-state index contributed by atoms with van der Waals surface area (Å²) in [6.07, 6.45) is 9.77. The lowest BCUT2D eigenvalue weighted by Crippen LogP contribution is -2.06. The minimum Gasteiger partial charge on any atom is -0.391 e. The molecule has 0 aliphatic carbocycles. The molecule has 0 fully saturated rings. The Hall–Kier alpha value is -1.55. The molecule has 0 bridgehead atoms. The van der Waals surface area contributed by atoms with Gasteiger partial charge in [0.1, 0.15) is 10.0 Å². The lowest BCUT2D eigenvalue weighted by atomic mass is 10.1. The van der Waals surface area contributed by atoms with E-state index in [4.69, 9.17) is 9.66 Å². The summed E-state index contributed by atoms with van der Waals surface area (Å²) in [6, 6.07) is 5.48. The molecule has 1 heterocycles. The van der Waals surface area contributed by atoms with Gasteiger partial charge < -0.3 is 10.4 Å². The Morgan fingerprint density at radius 1 is 1.00 bits per heavy atom. The molecule has 5 nitrogen and oxygen atoms in total. The van der Waals surface area contributed by atoms with Crippen molar-refractivity contribution in [3.05, 3.63) is 46.8 Å². The van der Waals surface area contributed by atoms with Gasteiger partial charge in [-0.25, -0.2) is 8.78 Å². The first-order valence-corrected chi connectivity index (χ1v) is 12.5. The molecule has 0 spiro atoms. The number of halogens is 2. The van der Waals surface area contributed by atoms with Crippen molar-refractivity contribution >= 4 is 27.1 Å². The monoisotopic (exact) mass is 463 g/mol.